The molecule has 0 spiro atoms. The number of halogens is 1. The summed E-state index contributed by atoms with van der Waals surface area (Å²) in [4.78, 5) is 0. The third kappa shape index (κ3) is 2.30. The fourth-order valence-corrected chi connectivity index (χ4v) is 3.78. The van der Waals surface area contributed by atoms with Gasteiger partial charge in [0.25, 0.3) is 0 Å². The van der Waals surface area contributed by atoms with Gasteiger partial charge in [-0.25, -0.2) is 0 Å². The summed E-state index contributed by atoms with van der Waals surface area (Å²) in [5.74, 6) is 0. The van der Waals surface area contributed by atoms with Crippen molar-refractivity contribution in [3.05, 3.63) is 70.2 Å². The van der Waals surface area contributed by atoms with Gasteiger partial charge in [0.1, 0.15) is 0 Å². The van der Waals surface area contributed by atoms with E-state index >= 15 is 0 Å². The van der Waals surface area contributed by atoms with Crippen molar-refractivity contribution in [2.75, 3.05) is 0 Å². The van der Waals surface area contributed by atoms with Gasteiger partial charge in [0, 0.05) is 4.47 Å². The van der Waals surface area contributed by atoms with E-state index in [2.05, 4.69) is 70.5 Å². The van der Waals surface area contributed by atoms with Crippen LogP contribution in [-0.2, 0) is 12.8 Å². The standard InChI is InChI=1S/C20H17Br/c21-17-11-9-14(10-12-17)20-18-7-3-1-5-15(18)13-16-6-2-4-8-19(16)20/h1,3,5,7,9-13H,2,4,6,8H2. The molecule has 0 amide bonds. The lowest BCUT2D eigenvalue weighted by Crippen LogP contribution is -2.05. The van der Waals surface area contributed by atoms with Crippen molar-refractivity contribution in [3.8, 4) is 11.1 Å². The SMILES string of the molecule is Brc1ccc(-c2c3c(cc4ccccc24)CCCC3)cc1. The van der Waals surface area contributed by atoms with Gasteiger partial charge in [-0.05, 0) is 70.8 Å². The predicted molar refractivity (Wildman–Crippen MR) is 93.7 cm³/mol. The fourth-order valence-electron chi connectivity index (χ4n) is 3.52. The van der Waals surface area contributed by atoms with Gasteiger partial charge in [0.2, 0.25) is 0 Å². The second-order valence-corrected chi connectivity index (χ2v) is 6.74. The maximum absolute atomic E-state index is 3.54. The van der Waals surface area contributed by atoms with Crippen LogP contribution < -0.4 is 0 Å². The van der Waals surface area contributed by atoms with E-state index in [1.807, 2.05) is 0 Å². The molecule has 0 radical (unpaired) electrons. The zero-order valence-electron chi connectivity index (χ0n) is 11.9. The zero-order valence-corrected chi connectivity index (χ0v) is 13.5. The summed E-state index contributed by atoms with van der Waals surface area (Å²) in [6, 6.07) is 20.0. The molecule has 0 aromatic heterocycles. The van der Waals surface area contributed by atoms with Gasteiger partial charge < -0.3 is 0 Å². The van der Waals surface area contributed by atoms with E-state index < -0.39 is 0 Å². The average Bonchev–Trinajstić information content (AvgIpc) is 2.53. The highest BCUT2D eigenvalue weighted by Crippen LogP contribution is 2.38. The minimum absolute atomic E-state index is 1.14. The Morgan fingerprint density at radius 3 is 2.43 bits per heavy atom. The largest absolute Gasteiger partial charge is 0.0616 e. The molecule has 0 nitrogen and oxygen atoms in total. The van der Waals surface area contributed by atoms with E-state index in [1.54, 1.807) is 11.1 Å². The fraction of sp³-hybridized carbons (Fsp3) is 0.200. The number of fused-ring (bicyclic) bond motifs is 2. The van der Waals surface area contributed by atoms with Crippen molar-refractivity contribution in [1.82, 2.24) is 0 Å². The van der Waals surface area contributed by atoms with E-state index in [4.69, 9.17) is 0 Å². The molecule has 21 heavy (non-hydrogen) atoms. The Hall–Kier alpha value is -1.60. The van der Waals surface area contributed by atoms with Crippen LogP contribution in [0.2, 0.25) is 0 Å². The van der Waals surface area contributed by atoms with Crippen LogP contribution in [0, 0.1) is 0 Å². The molecule has 1 heteroatoms. The number of aryl methyl sites for hydroxylation is 1. The Morgan fingerprint density at radius 2 is 1.57 bits per heavy atom. The van der Waals surface area contributed by atoms with Crippen LogP contribution in [-0.4, -0.2) is 0 Å². The Morgan fingerprint density at radius 1 is 0.810 bits per heavy atom. The minimum atomic E-state index is 1.14. The van der Waals surface area contributed by atoms with E-state index in [1.165, 1.54) is 47.6 Å². The summed E-state index contributed by atoms with van der Waals surface area (Å²) in [6.45, 7) is 0. The molecular formula is C20H17Br. The molecule has 0 heterocycles. The second kappa shape index (κ2) is 5.31. The number of hydrogen-bond donors (Lipinski definition) is 0. The molecule has 0 fully saturated rings. The van der Waals surface area contributed by atoms with Crippen LogP contribution in [0.25, 0.3) is 21.9 Å². The number of rotatable bonds is 1. The van der Waals surface area contributed by atoms with Gasteiger partial charge in [-0.15, -0.1) is 0 Å². The van der Waals surface area contributed by atoms with Crippen LogP contribution in [0.4, 0.5) is 0 Å². The van der Waals surface area contributed by atoms with Gasteiger partial charge in [-0.3, -0.25) is 0 Å². The average molecular weight is 337 g/mol. The smallest absolute Gasteiger partial charge is 0.0175 e. The zero-order chi connectivity index (χ0) is 14.2. The first-order chi connectivity index (χ1) is 10.3. The summed E-state index contributed by atoms with van der Waals surface area (Å²) in [7, 11) is 0. The first-order valence-electron chi connectivity index (χ1n) is 7.62. The van der Waals surface area contributed by atoms with E-state index in [0.29, 0.717) is 0 Å². The van der Waals surface area contributed by atoms with Crippen molar-refractivity contribution in [1.29, 1.82) is 0 Å². The molecule has 0 aliphatic heterocycles. The molecule has 0 unspecified atom stereocenters. The summed E-state index contributed by atoms with van der Waals surface area (Å²) in [6.07, 6.45) is 5.08. The molecule has 0 saturated carbocycles. The Bertz CT molecular complexity index is 800. The molecule has 1 aliphatic carbocycles. The summed E-state index contributed by atoms with van der Waals surface area (Å²) < 4.78 is 1.14. The van der Waals surface area contributed by atoms with Crippen LogP contribution in [0.5, 0.6) is 0 Å². The highest BCUT2D eigenvalue weighted by molar-refractivity contribution is 9.10. The van der Waals surface area contributed by atoms with Gasteiger partial charge in [0.15, 0.2) is 0 Å². The molecular weight excluding hydrogens is 320 g/mol. The normalized spacial score (nSPS) is 14.1. The Labute approximate surface area is 133 Å². The van der Waals surface area contributed by atoms with Gasteiger partial charge in [-0.2, -0.15) is 0 Å². The molecule has 3 aromatic carbocycles. The summed E-state index contributed by atoms with van der Waals surface area (Å²) in [5, 5.41) is 2.76. The van der Waals surface area contributed by atoms with Crippen LogP contribution >= 0.6 is 15.9 Å². The van der Waals surface area contributed by atoms with Crippen molar-refractivity contribution in [2.45, 2.75) is 25.7 Å². The minimum Gasteiger partial charge on any atom is -0.0616 e. The Balaban J connectivity index is 2.07. The molecule has 0 bridgehead atoms. The number of hydrogen-bond acceptors (Lipinski definition) is 0. The van der Waals surface area contributed by atoms with E-state index in [-0.39, 0.29) is 0 Å². The van der Waals surface area contributed by atoms with Crippen LogP contribution in [0.3, 0.4) is 0 Å². The monoisotopic (exact) mass is 336 g/mol. The van der Waals surface area contributed by atoms with Crippen molar-refractivity contribution < 1.29 is 0 Å². The predicted octanol–water partition coefficient (Wildman–Crippen LogP) is 6.15. The van der Waals surface area contributed by atoms with Crippen molar-refractivity contribution in [3.63, 3.8) is 0 Å². The quantitative estimate of drug-likeness (QED) is 0.500. The lowest BCUT2D eigenvalue weighted by atomic mass is 9.83. The second-order valence-electron chi connectivity index (χ2n) is 5.82. The third-order valence-electron chi connectivity index (χ3n) is 4.51. The summed E-state index contributed by atoms with van der Waals surface area (Å²) in [5.41, 5.74) is 5.92. The summed E-state index contributed by atoms with van der Waals surface area (Å²) >= 11 is 3.54. The van der Waals surface area contributed by atoms with Crippen molar-refractivity contribution in [2.24, 2.45) is 0 Å². The van der Waals surface area contributed by atoms with Gasteiger partial charge in [-0.1, -0.05) is 58.4 Å². The first kappa shape index (κ1) is 13.1. The lowest BCUT2D eigenvalue weighted by Gasteiger charge is -2.22. The highest BCUT2D eigenvalue weighted by Gasteiger charge is 2.17. The van der Waals surface area contributed by atoms with E-state index in [9.17, 15) is 0 Å². The topological polar surface area (TPSA) is 0 Å². The van der Waals surface area contributed by atoms with E-state index in [0.717, 1.165) is 4.47 Å². The molecule has 0 N–H and O–H groups in total. The van der Waals surface area contributed by atoms with Gasteiger partial charge >= 0.3 is 0 Å². The molecule has 1 aliphatic rings. The lowest BCUT2D eigenvalue weighted by molar-refractivity contribution is 0.688. The third-order valence-corrected chi connectivity index (χ3v) is 5.03. The molecule has 104 valence electrons. The molecule has 4 rings (SSSR count). The Kier molecular flexibility index (Phi) is 3.31. The van der Waals surface area contributed by atoms with Gasteiger partial charge in [0.05, 0.1) is 0 Å². The molecule has 0 saturated heterocycles. The highest BCUT2D eigenvalue weighted by atomic mass is 79.9. The van der Waals surface area contributed by atoms with Crippen LogP contribution in [0.15, 0.2) is 59.1 Å². The van der Waals surface area contributed by atoms with Crippen molar-refractivity contribution >= 4 is 26.7 Å². The molecule has 3 aromatic rings. The van der Waals surface area contributed by atoms with Crippen LogP contribution in [0.1, 0.15) is 24.0 Å². The number of benzene rings is 3. The first-order valence-corrected chi connectivity index (χ1v) is 8.42. The maximum Gasteiger partial charge on any atom is 0.0175 e. The molecule has 0 atom stereocenters. The maximum atomic E-state index is 3.54.